The van der Waals surface area contributed by atoms with Crippen LogP contribution in [-0.4, -0.2) is 21.1 Å². The van der Waals surface area contributed by atoms with Gasteiger partial charge in [0.1, 0.15) is 0 Å². The van der Waals surface area contributed by atoms with Crippen molar-refractivity contribution in [3.63, 3.8) is 0 Å². The van der Waals surface area contributed by atoms with Gasteiger partial charge in [0, 0.05) is 18.0 Å². The van der Waals surface area contributed by atoms with E-state index in [0.717, 1.165) is 41.6 Å². The molecule has 2 N–H and O–H groups in total. The van der Waals surface area contributed by atoms with E-state index in [2.05, 4.69) is 39.6 Å². The second-order valence-corrected chi connectivity index (χ2v) is 7.01. The second-order valence-electron chi connectivity index (χ2n) is 5.98. The van der Waals surface area contributed by atoms with Crippen molar-refractivity contribution in [2.45, 2.75) is 32.6 Å². The number of benzene rings is 1. The molecule has 4 rings (SSSR count). The molecule has 0 bridgehead atoms. The average molecular weight is 326 g/mol. The van der Waals surface area contributed by atoms with Gasteiger partial charge in [0.15, 0.2) is 5.13 Å². The van der Waals surface area contributed by atoms with E-state index in [-0.39, 0.29) is 11.8 Å². The molecular weight excluding hydrogens is 308 g/mol. The van der Waals surface area contributed by atoms with Crippen LogP contribution < -0.4 is 5.32 Å². The van der Waals surface area contributed by atoms with Crippen LogP contribution in [0.5, 0.6) is 0 Å². The fraction of sp³-hybridized carbons (Fsp3) is 0.353. The number of hydrogen-bond donors (Lipinski definition) is 2. The molecule has 1 aromatic carbocycles. The molecule has 2 heterocycles. The van der Waals surface area contributed by atoms with Gasteiger partial charge < -0.3 is 5.32 Å². The van der Waals surface area contributed by atoms with E-state index in [0.29, 0.717) is 5.13 Å². The number of hydrogen-bond acceptors (Lipinski definition) is 4. The molecule has 1 unspecified atom stereocenters. The smallest absolute Gasteiger partial charge is 0.229 e. The van der Waals surface area contributed by atoms with E-state index >= 15 is 0 Å². The van der Waals surface area contributed by atoms with Crippen LogP contribution in [0.1, 0.15) is 30.2 Å². The summed E-state index contributed by atoms with van der Waals surface area (Å²) >= 11 is 1.54. The van der Waals surface area contributed by atoms with Gasteiger partial charge in [-0.05, 0) is 42.5 Å². The molecule has 23 heavy (non-hydrogen) atoms. The van der Waals surface area contributed by atoms with Crippen molar-refractivity contribution in [1.29, 1.82) is 0 Å². The lowest BCUT2D eigenvalue weighted by atomic mass is 9.87. The zero-order valence-corrected chi connectivity index (χ0v) is 13.7. The summed E-state index contributed by atoms with van der Waals surface area (Å²) < 4.78 is 1.12. The van der Waals surface area contributed by atoms with Gasteiger partial charge in [-0.2, -0.15) is 5.10 Å². The third kappa shape index (κ3) is 2.74. The molecule has 2 aromatic heterocycles. The van der Waals surface area contributed by atoms with E-state index < -0.39 is 0 Å². The van der Waals surface area contributed by atoms with E-state index in [1.165, 1.54) is 11.1 Å². The molecule has 0 fully saturated rings. The Morgan fingerprint density at radius 2 is 2.39 bits per heavy atom. The van der Waals surface area contributed by atoms with Crippen LogP contribution in [-0.2, 0) is 24.1 Å². The number of aromatic nitrogens is 3. The Bertz CT molecular complexity index is 866. The van der Waals surface area contributed by atoms with E-state index in [4.69, 9.17) is 0 Å². The minimum atomic E-state index is -0.0128. The number of anilines is 1. The number of carbonyl (C=O) groups is 1. The number of nitrogens with zero attached hydrogens (tertiary/aromatic N) is 2. The normalized spacial score (nSPS) is 17.2. The first-order valence-corrected chi connectivity index (χ1v) is 8.76. The molecular formula is C17H18N4OS. The number of nitrogens with one attached hydrogen (secondary N) is 2. The van der Waals surface area contributed by atoms with Crippen molar-refractivity contribution < 1.29 is 4.79 Å². The van der Waals surface area contributed by atoms with Crippen molar-refractivity contribution >= 4 is 32.6 Å². The predicted octanol–water partition coefficient (Wildman–Crippen LogP) is 3.33. The number of amides is 1. The van der Waals surface area contributed by atoms with Gasteiger partial charge in [-0.25, -0.2) is 4.98 Å². The van der Waals surface area contributed by atoms with Crippen molar-refractivity contribution in [2.24, 2.45) is 5.92 Å². The third-order valence-electron chi connectivity index (χ3n) is 4.48. The van der Waals surface area contributed by atoms with Gasteiger partial charge in [0.25, 0.3) is 0 Å². The molecule has 6 heteroatoms. The van der Waals surface area contributed by atoms with E-state index in [1.54, 1.807) is 11.3 Å². The first-order valence-electron chi connectivity index (χ1n) is 7.94. The summed E-state index contributed by atoms with van der Waals surface area (Å²) in [5.74, 6) is 0.0428. The lowest BCUT2D eigenvalue weighted by Crippen LogP contribution is -2.28. The van der Waals surface area contributed by atoms with Crippen LogP contribution in [0.3, 0.4) is 0 Å². The molecule has 1 amide bonds. The maximum absolute atomic E-state index is 12.5. The fourth-order valence-corrected chi connectivity index (χ4v) is 4.01. The van der Waals surface area contributed by atoms with Crippen LogP contribution in [0, 0.1) is 5.92 Å². The standard InChI is InChI=1S/C17H18N4OS/c1-2-10-3-6-13-15(7-10)23-17(19-13)20-16(22)11-4-5-12-9-18-21-14(12)8-11/h3,6-7,9,11H,2,4-5,8H2,1H3,(H,18,21)(H,19,20,22). The molecule has 3 aromatic rings. The molecule has 0 saturated heterocycles. The van der Waals surface area contributed by atoms with E-state index in [9.17, 15) is 4.79 Å². The minimum Gasteiger partial charge on any atom is -0.302 e. The summed E-state index contributed by atoms with van der Waals surface area (Å²) in [6, 6.07) is 6.27. The average Bonchev–Trinajstić information content (AvgIpc) is 3.18. The number of fused-ring (bicyclic) bond motifs is 2. The van der Waals surface area contributed by atoms with Crippen LogP contribution in [0.4, 0.5) is 5.13 Å². The van der Waals surface area contributed by atoms with Gasteiger partial charge in [-0.3, -0.25) is 9.89 Å². The highest BCUT2D eigenvalue weighted by Gasteiger charge is 2.26. The summed E-state index contributed by atoms with van der Waals surface area (Å²) in [6.07, 6.45) is 5.37. The summed E-state index contributed by atoms with van der Waals surface area (Å²) in [4.78, 5) is 17.0. The number of thiazole rings is 1. The van der Waals surface area contributed by atoms with Crippen molar-refractivity contribution in [3.05, 3.63) is 41.2 Å². The molecule has 0 spiro atoms. The maximum Gasteiger partial charge on any atom is 0.229 e. The highest BCUT2D eigenvalue weighted by atomic mass is 32.1. The third-order valence-corrected chi connectivity index (χ3v) is 5.42. The quantitative estimate of drug-likeness (QED) is 0.775. The molecule has 5 nitrogen and oxygen atoms in total. The summed E-state index contributed by atoms with van der Waals surface area (Å²) in [5.41, 5.74) is 4.56. The van der Waals surface area contributed by atoms with Crippen molar-refractivity contribution in [3.8, 4) is 0 Å². The predicted molar refractivity (Wildman–Crippen MR) is 91.7 cm³/mol. The lowest BCUT2D eigenvalue weighted by molar-refractivity contribution is -0.120. The number of aryl methyl sites for hydroxylation is 2. The van der Waals surface area contributed by atoms with Crippen molar-refractivity contribution in [2.75, 3.05) is 5.32 Å². The fourth-order valence-electron chi connectivity index (χ4n) is 3.08. The zero-order valence-electron chi connectivity index (χ0n) is 12.9. The van der Waals surface area contributed by atoms with Crippen LogP contribution >= 0.6 is 11.3 Å². The monoisotopic (exact) mass is 326 g/mol. The van der Waals surface area contributed by atoms with Crippen molar-refractivity contribution in [1.82, 2.24) is 15.2 Å². The Kier molecular flexibility index (Phi) is 3.61. The molecule has 0 aliphatic heterocycles. The SMILES string of the molecule is CCc1ccc2nc(NC(=O)C3CCc4cn[nH]c4C3)sc2c1. The Hall–Kier alpha value is -2.21. The lowest BCUT2D eigenvalue weighted by Gasteiger charge is -2.20. The number of carbonyl (C=O) groups excluding carboxylic acids is 1. The van der Waals surface area contributed by atoms with E-state index in [1.807, 2.05) is 12.3 Å². The number of rotatable bonds is 3. The molecule has 0 radical (unpaired) electrons. The van der Waals surface area contributed by atoms with Gasteiger partial charge in [0.05, 0.1) is 16.4 Å². The second kappa shape index (κ2) is 5.77. The molecule has 118 valence electrons. The summed E-state index contributed by atoms with van der Waals surface area (Å²) in [7, 11) is 0. The summed E-state index contributed by atoms with van der Waals surface area (Å²) in [6.45, 7) is 2.14. The maximum atomic E-state index is 12.5. The van der Waals surface area contributed by atoms with Gasteiger partial charge >= 0.3 is 0 Å². The minimum absolute atomic E-state index is 0.0128. The highest BCUT2D eigenvalue weighted by molar-refractivity contribution is 7.22. The zero-order chi connectivity index (χ0) is 15.8. The summed E-state index contributed by atoms with van der Waals surface area (Å²) in [5, 5.41) is 10.7. The number of aromatic amines is 1. The van der Waals surface area contributed by atoms with Gasteiger partial charge in [0.2, 0.25) is 5.91 Å². The molecule has 1 atom stereocenters. The largest absolute Gasteiger partial charge is 0.302 e. The van der Waals surface area contributed by atoms with Crippen LogP contribution in [0.15, 0.2) is 24.4 Å². The Morgan fingerprint density at radius 3 is 3.26 bits per heavy atom. The first kappa shape index (κ1) is 14.4. The Balaban J connectivity index is 1.50. The Labute approximate surface area is 138 Å². The van der Waals surface area contributed by atoms with Gasteiger partial charge in [-0.1, -0.05) is 24.3 Å². The van der Waals surface area contributed by atoms with Crippen LogP contribution in [0.25, 0.3) is 10.2 Å². The van der Waals surface area contributed by atoms with Gasteiger partial charge in [-0.15, -0.1) is 0 Å². The first-order chi connectivity index (χ1) is 11.2. The molecule has 1 aliphatic rings. The Morgan fingerprint density at radius 1 is 1.48 bits per heavy atom. The topological polar surface area (TPSA) is 70.7 Å². The molecule has 0 saturated carbocycles. The highest BCUT2D eigenvalue weighted by Crippen LogP contribution is 2.29. The van der Waals surface area contributed by atoms with Crippen LogP contribution in [0.2, 0.25) is 0 Å². The molecule has 1 aliphatic carbocycles. The number of H-pyrrole nitrogens is 1.